The molecule has 1 saturated heterocycles. The molecule has 0 radical (unpaired) electrons. The van der Waals surface area contributed by atoms with E-state index in [0.717, 1.165) is 13.1 Å². The van der Waals surface area contributed by atoms with Gasteiger partial charge in [0.15, 0.2) is 0 Å². The fourth-order valence-electron chi connectivity index (χ4n) is 1.66. The number of nitrogens with one attached hydrogen (secondary N) is 1. The lowest BCUT2D eigenvalue weighted by Crippen LogP contribution is -2.57. The van der Waals surface area contributed by atoms with Crippen LogP contribution in [0.4, 0.5) is 0 Å². The molecule has 4 nitrogen and oxygen atoms in total. The lowest BCUT2D eigenvalue weighted by atomic mass is 10.2. The van der Waals surface area contributed by atoms with Gasteiger partial charge in [-0.3, -0.25) is 0 Å². The Bertz CT molecular complexity index is 424. The van der Waals surface area contributed by atoms with Crippen LogP contribution in [0.25, 0.3) is 0 Å². The smallest absolute Gasteiger partial charge is 0.240 e. The van der Waals surface area contributed by atoms with Gasteiger partial charge >= 0.3 is 0 Å². The normalized spacial score (nSPS) is 18.7. The summed E-state index contributed by atoms with van der Waals surface area (Å²) in [5, 5.41) is 0. The molecule has 0 spiro atoms. The van der Waals surface area contributed by atoms with Crippen molar-refractivity contribution in [2.75, 3.05) is 20.1 Å². The van der Waals surface area contributed by atoms with Crippen LogP contribution < -0.4 is 4.72 Å². The van der Waals surface area contributed by atoms with E-state index in [1.54, 1.807) is 30.3 Å². The van der Waals surface area contributed by atoms with E-state index in [2.05, 4.69) is 9.62 Å². The summed E-state index contributed by atoms with van der Waals surface area (Å²) in [4.78, 5) is 2.40. The molecule has 0 amide bonds. The lowest BCUT2D eigenvalue weighted by Gasteiger charge is -2.36. The summed E-state index contributed by atoms with van der Waals surface area (Å²) in [7, 11) is -1.35. The third-order valence-electron chi connectivity index (χ3n) is 2.44. The highest BCUT2D eigenvalue weighted by molar-refractivity contribution is 7.89. The van der Waals surface area contributed by atoms with Gasteiger partial charge in [-0.1, -0.05) is 18.2 Å². The molecule has 0 unspecified atom stereocenters. The van der Waals surface area contributed by atoms with Crippen molar-refractivity contribution in [1.29, 1.82) is 0 Å². The first-order chi connectivity index (χ1) is 7.08. The van der Waals surface area contributed by atoms with Crippen molar-refractivity contribution < 1.29 is 8.42 Å². The summed E-state index contributed by atoms with van der Waals surface area (Å²) >= 11 is 0. The standard InChI is InChI=1S/C10H14N2O2S/c1-12-7-9(8-12)11-15(13,14)10-5-3-2-4-6-10/h2-6,9,11H,7-8H2,1H3. The molecular weight excluding hydrogens is 212 g/mol. The number of hydrogen-bond donors (Lipinski definition) is 1. The van der Waals surface area contributed by atoms with Crippen molar-refractivity contribution in [3.63, 3.8) is 0 Å². The van der Waals surface area contributed by atoms with E-state index in [-0.39, 0.29) is 6.04 Å². The molecule has 5 heteroatoms. The highest BCUT2D eigenvalue weighted by Gasteiger charge is 2.28. The van der Waals surface area contributed by atoms with Crippen LogP contribution in [0.3, 0.4) is 0 Å². The Morgan fingerprint density at radius 1 is 1.27 bits per heavy atom. The van der Waals surface area contributed by atoms with Gasteiger partial charge in [0.1, 0.15) is 0 Å². The molecule has 1 N–H and O–H groups in total. The molecule has 1 fully saturated rings. The largest absolute Gasteiger partial charge is 0.303 e. The number of rotatable bonds is 3. The number of sulfonamides is 1. The van der Waals surface area contributed by atoms with E-state index in [4.69, 9.17) is 0 Å². The fourth-order valence-corrected chi connectivity index (χ4v) is 2.90. The number of benzene rings is 1. The first-order valence-electron chi connectivity index (χ1n) is 4.84. The molecule has 1 aliphatic rings. The first kappa shape index (κ1) is 10.6. The van der Waals surface area contributed by atoms with Gasteiger partial charge in [-0.2, -0.15) is 0 Å². The monoisotopic (exact) mass is 226 g/mol. The van der Waals surface area contributed by atoms with E-state index in [0.29, 0.717) is 4.90 Å². The topological polar surface area (TPSA) is 49.4 Å². The van der Waals surface area contributed by atoms with Crippen molar-refractivity contribution in [3.05, 3.63) is 30.3 Å². The average Bonchev–Trinajstić information content (AvgIpc) is 2.17. The second-order valence-electron chi connectivity index (χ2n) is 3.85. The molecule has 0 bridgehead atoms. The summed E-state index contributed by atoms with van der Waals surface area (Å²) in [5.74, 6) is 0. The van der Waals surface area contributed by atoms with E-state index in [1.807, 2.05) is 7.05 Å². The van der Waals surface area contributed by atoms with Crippen LogP contribution in [0, 0.1) is 0 Å². The molecule has 1 aromatic rings. The van der Waals surface area contributed by atoms with Crippen LogP contribution in [0.2, 0.25) is 0 Å². The maximum Gasteiger partial charge on any atom is 0.240 e. The zero-order valence-electron chi connectivity index (χ0n) is 8.55. The molecular formula is C10H14N2O2S. The molecule has 82 valence electrons. The highest BCUT2D eigenvalue weighted by atomic mass is 32.2. The van der Waals surface area contributed by atoms with E-state index >= 15 is 0 Å². The Kier molecular flexibility index (Phi) is 2.77. The van der Waals surface area contributed by atoms with Crippen molar-refractivity contribution in [2.45, 2.75) is 10.9 Å². The van der Waals surface area contributed by atoms with Gasteiger partial charge in [-0.05, 0) is 19.2 Å². The number of likely N-dealkylation sites (N-methyl/N-ethyl adjacent to an activating group) is 1. The molecule has 1 aliphatic heterocycles. The third-order valence-corrected chi connectivity index (χ3v) is 3.98. The molecule has 0 aliphatic carbocycles. The quantitative estimate of drug-likeness (QED) is 0.805. The minimum absolute atomic E-state index is 0.0557. The summed E-state index contributed by atoms with van der Waals surface area (Å²) < 4.78 is 26.3. The van der Waals surface area contributed by atoms with Crippen LogP contribution >= 0.6 is 0 Å². The SMILES string of the molecule is CN1CC(NS(=O)(=O)c2ccccc2)C1. The van der Waals surface area contributed by atoms with Crippen LogP contribution in [0.15, 0.2) is 35.2 Å². The maximum absolute atomic E-state index is 11.8. The van der Waals surface area contributed by atoms with Crippen molar-refractivity contribution in [1.82, 2.24) is 9.62 Å². The van der Waals surface area contributed by atoms with Gasteiger partial charge in [0.05, 0.1) is 4.90 Å². The van der Waals surface area contributed by atoms with Crippen molar-refractivity contribution in [3.8, 4) is 0 Å². The van der Waals surface area contributed by atoms with Gasteiger partial charge in [0.2, 0.25) is 10.0 Å². The Morgan fingerprint density at radius 2 is 1.87 bits per heavy atom. The molecule has 1 aromatic carbocycles. The molecule has 1 heterocycles. The predicted octanol–water partition coefficient (Wildman–Crippen LogP) is 0.279. The second kappa shape index (κ2) is 3.92. The zero-order valence-corrected chi connectivity index (χ0v) is 9.37. The minimum Gasteiger partial charge on any atom is -0.303 e. The fraction of sp³-hybridized carbons (Fsp3) is 0.400. The van der Waals surface area contributed by atoms with E-state index < -0.39 is 10.0 Å². The molecule has 0 saturated carbocycles. The highest BCUT2D eigenvalue weighted by Crippen LogP contribution is 2.11. The summed E-state index contributed by atoms with van der Waals surface area (Å²) in [6, 6.07) is 8.51. The molecule has 2 rings (SSSR count). The third kappa shape index (κ3) is 2.37. The summed E-state index contributed by atoms with van der Waals surface area (Å²) in [5.41, 5.74) is 0. The predicted molar refractivity (Wildman–Crippen MR) is 58.0 cm³/mol. The number of likely N-dealkylation sites (tertiary alicyclic amines) is 1. The Hall–Kier alpha value is -0.910. The Balaban J connectivity index is 2.08. The number of nitrogens with zero attached hydrogens (tertiary/aromatic N) is 1. The Labute approximate surface area is 90.0 Å². The van der Waals surface area contributed by atoms with Crippen molar-refractivity contribution in [2.24, 2.45) is 0 Å². The average molecular weight is 226 g/mol. The Morgan fingerprint density at radius 3 is 2.40 bits per heavy atom. The molecule has 0 aromatic heterocycles. The number of hydrogen-bond acceptors (Lipinski definition) is 3. The lowest BCUT2D eigenvalue weighted by molar-refractivity contribution is 0.180. The van der Waals surface area contributed by atoms with Gasteiger partial charge in [-0.15, -0.1) is 0 Å². The zero-order chi connectivity index (χ0) is 10.9. The van der Waals surface area contributed by atoms with Crippen LogP contribution in [-0.2, 0) is 10.0 Å². The van der Waals surface area contributed by atoms with Crippen LogP contribution in [0.1, 0.15) is 0 Å². The second-order valence-corrected chi connectivity index (χ2v) is 5.57. The van der Waals surface area contributed by atoms with Gasteiger partial charge in [0, 0.05) is 19.1 Å². The first-order valence-corrected chi connectivity index (χ1v) is 6.32. The molecule has 0 atom stereocenters. The van der Waals surface area contributed by atoms with Gasteiger partial charge in [-0.25, -0.2) is 13.1 Å². The summed E-state index contributed by atoms with van der Waals surface area (Å²) in [6.45, 7) is 1.57. The maximum atomic E-state index is 11.8. The summed E-state index contributed by atoms with van der Waals surface area (Å²) in [6.07, 6.45) is 0. The van der Waals surface area contributed by atoms with Gasteiger partial charge in [0.25, 0.3) is 0 Å². The van der Waals surface area contributed by atoms with E-state index in [1.165, 1.54) is 0 Å². The van der Waals surface area contributed by atoms with E-state index in [9.17, 15) is 8.42 Å². The van der Waals surface area contributed by atoms with Crippen molar-refractivity contribution >= 4 is 10.0 Å². The minimum atomic E-state index is -3.32. The van der Waals surface area contributed by atoms with Crippen LogP contribution in [0.5, 0.6) is 0 Å². The van der Waals surface area contributed by atoms with Gasteiger partial charge < -0.3 is 4.90 Å². The van der Waals surface area contributed by atoms with Crippen LogP contribution in [-0.4, -0.2) is 39.5 Å². The molecule has 15 heavy (non-hydrogen) atoms.